The normalized spacial score (nSPS) is 20.0. The lowest BCUT2D eigenvalue weighted by Crippen LogP contribution is -2.57. The van der Waals surface area contributed by atoms with Gasteiger partial charge in [0.1, 0.15) is 5.75 Å². The molecule has 0 aliphatic carbocycles. The number of methoxy groups -OCH3 is 1. The van der Waals surface area contributed by atoms with Crippen LogP contribution in [0.3, 0.4) is 0 Å². The van der Waals surface area contributed by atoms with E-state index in [1.807, 2.05) is 6.07 Å². The number of morpholine rings is 1. The van der Waals surface area contributed by atoms with Crippen molar-refractivity contribution >= 4 is 5.69 Å². The number of ether oxygens (including phenoxy) is 2. The van der Waals surface area contributed by atoms with Crippen molar-refractivity contribution in [2.75, 3.05) is 51.3 Å². The largest absolute Gasteiger partial charge is 0.497 e. The molecular weight excluding hydrogens is 336 g/mol. The third-order valence-corrected chi connectivity index (χ3v) is 5.99. The SMILES string of the molecule is COc1cccc(N2CCOC3(CCN(CCc4ccccc4)CC3)C2)c1. The molecule has 2 aliphatic heterocycles. The molecule has 0 aromatic heterocycles. The van der Waals surface area contributed by atoms with Gasteiger partial charge in [0.05, 0.1) is 19.3 Å². The van der Waals surface area contributed by atoms with Gasteiger partial charge in [-0.3, -0.25) is 0 Å². The Kier molecular flexibility index (Phi) is 5.65. The summed E-state index contributed by atoms with van der Waals surface area (Å²) in [7, 11) is 1.73. The first-order valence-corrected chi connectivity index (χ1v) is 10.1. The maximum Gasteiger partial charge on any atom is 0.120 e. The van der Waals surface area contributed by atoms with E-state index in [-0.39, 0.29) is 5.60 Å². The molecule has 0 atom stereocenters. The Balaban J connectivity index is 1.33. The molecule has 27 heavy (non-hydrogen) atoms. The number of rotatable bonds is 5. The van der Waals surface area contributed by atoms with Crippen molar-refractivity contribution in [1.82, 2.24) is 4.90 Å². The second-order valence-corrected chi connectivity index (χ2v) is 7.73. The molecule has 2 fully saturated rings. The Bertz CT molecular complexity index is 726. The van der Waals surface area contributed by atoms with Crippen LogP contribution in [-0.2, 0) is 11.2 Å². The van der Waals surface area contributed by atoms with Crippen LogP contribution < -0.4 is 9.64 Å². The molecule has 144 valence electrons. The van der Waals surface area contributed by atoms with Gasteiger partial charge in [0.25, 0.3) is 0 Å². The molecule has 4 heteroatoms. The minimum atomic E-state index is 0.00454. The van der Waals surface area contributed by atoms with Crippen LogP contribution in [0.1, 0.15) is 18.4 Å². The number of likely N-dealkylation sites (tertiary alicyclic amines) is 1. The lowest BCUT2D eigenvalue weighted by molar-refractivity contribution is -0.0909. The minimum Gasteiger partial charge on any atom is -0.497 e. The summed E-state index contributed by atoms with van der Waals surface area (Å²) in [6.45, 7) is 6.12. The molecule has 2 aromatic rings. The van der Waals surface area contributed by atoms with Crippen molar-refractivity contribution in [3.05, 3.63) is 60.2 Å². The van der Waals surface area contributed by atoms with E-state index in [2.05, 4.69) is 58.3 Å². The van der Waals surface area contributed by atoms with Crippen molar-refractivity contribution in [3.8, 4) is 5.75 Å². The monoisotopic (exact) mass is 366 g/mol. The van der Waals surface area contributed by atoms with Crippen LogP contribution in [0.15, 0.2) is 54.6 Å². The zero-order valence-electron chi connectivity index (χ0n) is 16.3. The summed E-state index contributed by atoms with van der Waals surface area (Å²) in [5, 5.41) is 0. The molecule has 4 nitrogen and oxygen atoms in total. The fourth-order valence-corrected chi connectivity index (χ4v) is 4.29. The van der Waals surface area contributed by atoms with E-state index in [1.54, 1.807) is 7.11 Å². The third kappa shape index (κ3) is 4.45. The van der Waals surface area contributed by atoms with Crippen LogP contribution in [-0.4, -0.2) is 56.9 Å². The van der Waals surface area contributed by atoms with Crippen molar-refractivity contribution in [1.29, 1.82) is 0 Å². The lowest BCUT2D eigenvalue weighted by Gasteiger charge is -2.48. The van der Waals surface area contributed by atoms with E-state index in [4.69, 9.17) is 9.47 Å². The number of nitrogens with zero attached hydrogens (tertiary/aromatic N) is 2. The van der Waals surface area contributed by atoms with Crippen LogP contribution in [0, 0.1) is 0 Å². The molecule has 4 rings (SSSR count). The number of benzene rings is 2. The van der Waals surface area contributed by atoms with Crippen molar-refractivity contribution in [2.45, 2.75) is 24.9 Å². The third-order valence-electron chi connectivity index (χ3n) is 5.99. The highest BCUT2D eigenvalue weighted by molar-refractivity contribution is 5.51. The summed E-state index contributed by atoms with van der Waals surface area (Å²) in [4.78, 5) is 5.05. The van der Waals surface area contributed by atoms with Gasteiger partial charge in [-0.1, -0.05) is 36.4 Å². The first-order chi connectivity index (χ1) is 13.3. The van der Waals surface area contributed by atoms with Crippen molar-refractivity contribution < 1.29 is 9.47 Å². The summed E-state index contributed by atoms with van der Waals surface area (Å²) >= 11 is 0. The minimum absolute atomic E-state index is 0.00454. The number of piperidine rings is 1. The number of hydrogen-bond donors (Lipinski definition) is 0. The lowest BCUT2D eigenvalue weighted by atomic mass is 9.89. The van der Waals surface area contributed by atoms with E-state index in [1.165, 1.54) is 11.3 Å². The van der Waals surface area contributed by atoms with E-state index in [0.29, 0.717) is 0 Å². The Labute approximate surface area is 162 Å². The van der Waals surface area contributed by atoms with Crippen LogP contribution in [0.4, 0.5) is 5.69 Å². The summed E-state index contributed by atoms with van der Waals surface area (Å²) in [6.07, 6.45) is 3.36. The zero-order valence-corrected chi connectivity index (χ0v) is 16.3. The first-order valence-electron chi connectivity index (χ1n) is 10.1. The maximum absolute atomic E-state index is 6.33. The Hall–Kier alpha value is -2.04. The standard InChI is InChI=1S/C23H30N2O2/c1-26-22-9-5-8-21(18-22)25-16-17-27-23(19-25)11-14-24(15-12-23)13-10-20-6-3-2-4-7-20/h2-9,18H,10-17,19H2,1H3. The molecule has 2 aromatic carbocycles. The molecule has 1 spiro atoms. The average molecular weight is 367 g/mol. The van der Waals surface area contributed by atoms with Gasteiger partial charge < -0.3 is 19.3 Å². The maximum atomic E-state index is 6.33. The molecule has 0 amide bonds. The quantitative estimate of drug-likeness (QED) is 0.807. The average Bonchev–Trinajstić information content (AvgIpc) is 2.74. The second-order valence-electron chi connectivity index (χ2n) is 7.73. The van der Waals surface area contributed by atoms with E-state index >= 15 is 0 Å². The Morgan fingerprint density at radius 3 is 2.59 bits per heavy atom. The predicted molar refractivity (Wildman–Crippen MR) is 110 cm³/mol. The van der Waals surface area contributed by atoms with E-state index in [0.717, 1.165) is 64.3 Å². The molecule has 0 N–H and O–H groups in total. The fourth-order valence-electron chi connectivity index (χ4n) is 4.29. The topological polar surface area (TPSA) is 24.9 Å². The van der Waals surface area contributed by atoms with Gasteiger partial charge in [-0.25, -0.2) is 0 Å². The van der Waals surface area contributed by atoms with Crippen LogP contribution in [0.2, 0.25) is 0 Å². The summed E-state index contributed by atoms with van der Waals surface area (Å²) < 4.78 is 11.7. The molecule has 2 aliphatic rings. The predicted octanol–water partition coefficient (Wildman–Crippen LogP) is 3.61. The Morgan fingerprint density at radius 1 is 1.00 bits per heavy atom. The van der Waals surface area contributed by atoms with Gasteiger partial charge >= 0.3 is 0 Å². The highest BCUT2D eigenvalue weighted by atomic mass is 16.5. The van der Waals surface area contributed by atoms with Gasteiger partial charge in [-0.15, -0.1) is 0 Å². The second kappa shape index (κ2) is 8.32. The first kappa shape index (κ1) is 18.3. The van der Waals surface area contributed by atoms with E-state index in [9.17, 15) is 0 Å². The van der Waals surface area contributed by atoms with Gasteiger partial charge in [-0.2, -0.15) is 0 Å². The van der Waals surface area contributed by atoms with Crippen LogP contribution >= 0.6 is 0 Å². The van der Waals surface area contributed by atoms with E-state index < -0.39 is 0 Å². The summed E-state index contributed by atoms with van der Waals surface area (Å²) in [5.41, 5.74) is 2.67. The molecule has 0 saturated carbocycles. The van der Waals surface area contributed by atoms with Crippen molar-refractivity contribution in [2.24, 2.45) is 0 Å². The summed E-state index contributed by atoms with van der Waals surface area (Å²) in [5.74, 6) is 0.920. The van der Waals surface area contributed by atoms with Gasteiger partial charge in [0.15, 0.2) is 0 Å². The van der Waals surface area contributed by atoms with Gasteiger partial charge in [0, 0.05) is 44.5 Å². The number of hydrogen-bond acceptors (Lipinski definition) is 4. The molecular formula is C23H30N2O2. The molecule has 0 unspecified atom stereocenters. The van der Waals surface area contributed by atoms with Gasteiger partial charge in [0.2, 0.25) is 0 Å². The molecule has 0 radical (unpaired) electrons. The van der Waals surface area contributed by atoms with Crippen molar-refractivity contribution in [3.63, 3.8) is 0 Å². The highest BCUT2D eigenvalue weighted by Crippen LogP contribution is 2.33. The fraction of sp³-hybridized carbons (Fsp3) is 0.478. The smallest absolute Gasteiger partial charge is 0.120 e. The highest BCUT2D eigenvalue weighted by Gasteiger charge is 2.39. The number of anilines is 1. The van der Waals surface area contributed by atoms with Crippen LogP contribution in [0.25, 0.3) is 0 Å². The zero-order chi connectivity index (χ0) is 18.5. The molecule has 2 saturated heterocycles. The summed E-state index contributed by atoms with van der Waals surface area (Å²) in [6, 6.07) is 19.2. The molecule has 2 heterocycles. The van der Waals surface area contributed by atoms with Crippen LogP contribution in [0.5, 0.6) is 5.75 Å². The molecule has 0 bridgehead atoms. The Morgan fingerprint density at radius 2 is 1.81 bits per heavy atom. The van der Waals surface area contributed by atoms with Gasteiger partial charge in [-0.05, 0) is 37.0 Å².